The maximum Gasteiger partial charge on any atom is 0.329 e. The van der Waals surface area contributed by atoms with Crippen molar-refractivity contribution in [3.63, 3.8) is 0 Å². The Morgan fingerprint density at radius 1 is 1.39 bits per heavy atom. The Bertz CT molecular complexity index is 338. The summed E-state index contributed by atoms with van der Waals surface area (Å²) in [6.45, 7) is 3.05. The topological polar surface area (TPSA) is 75.6 Å². The summed E-state index contributed by atoms with van der Waals surface area (Å²) in [5.74, 6) is -0.904. The van der Waals surface area contributed by atoms with E-state index in [0.29, 0.717) is 38.4 Å². The minimum absolute atomic E-state index is 0.163. The summed E-state index contributed by atoms with van der Waals surface area (Å²) in [5.41, 5.74) is -1.06. The molecule has 2 rings (SSSR count). The predicted molar refractivity (Wildman–Crippen MR) is 65.1 cm³/mol. The van der Waals surface area contributed by atoms with E-state index in [2.05, 4.69) is 5.32 Å². The van der Waals surface area contributed by atoms with Gasteiger partial charge in [0.25, 0.3) is 0 Å². The lowest BCUT2D eigenvalue weighted by molar-refractivity contribution is -0.150. The zero-order chi connectivity index (χ0) is 13.2. The molecule has 2 aliphatic rings. The van der Waals surface area contributed by atoms with Crippen molar-refractivity contribution < 1.29 is 19.4 Å². The van der Waals surface area contributed by atoms with Crippen LogP contribution in [-0.4, -0.2) is 35.7 Å². The van der Waals surface area contributed by atoms with Crippen LogP contribution in [0.15, 0.2) is 0 Å². The second-order valence-corrected chi connectivity index (χ2v) is 5.64. The molecule has 2 N–H and O–H groups in total. The Kier molecular flexibility index (Phi) is 3.90. The van der Waals surface area contributed by atoms with Crippen molar-refractivity contribution in [2.75, 3.05) is 13.2 Å². The molecule has 102 valence electrons. The smallest absolute Gasteiger partial charge is 0.329 e. The van der Waals surface area contributed by atoms with Gasteiger partial charge in [0, 0.05) is 6.61 Å². The number of hydrogen-bond acceptors (Lipinski definition) is 3. The summed E-state index contributed by atoms with van der Waals surface area (Å²) in [6.07, 6.45) is 3.65. The first kappa shape index (κ1) is 13.3. The number of carboxylic acids is 1. The number of hydrogen-bond donors (Lipinski definition) is 2. The standard InChI is InChI=1S/C13H21NO4/c1-9-3-2-5-13(7-9,12(16)17)14-11(15)10-4-6-18-8-10/h9-10H,2-8H2,1H3,(H,14,15)(H,16,17). The van der Waals surface area contributed by atoms with Crippen LogP contribution in [0.4, 0.5) is 0 Å². The van der Waals surface area contributed by atoms with E-state index in [0.717, 1.165) is 12.8 Å². The number of nitrogens with one attached hydrogen (secondary N) is 1. The van der Waals surface area contributed by atoms with Crippen LogP contribution in [0.5, 0.6) is 0 Å². The number of ether oxygens (including phenoxy) is 1. The summed E-state index contributed by atoms with van der Waals surface area (Å²) in [5, 5.41) is 12.2. The highest BCUT2D eigenvalue weighted by molar-refractivity contribution is 5.88. The molecule has 2 fully saturated rings. The Balaban J connectivity index is 2.05. The van der Waals surface area contributed by atoms with Gasteiger partial charge in [0.15, 0.2) is 0 Å². The first-order valence-corrected chi connectivity index (χ1v) is 6.67. The van der Waals surface area contributed by atoms with Crippen molar-refractivity contribution in [3.05, 3.63) is 0 Å². The molecule has 0 radical (unpaired) electrons. The quantitative estimate of drug-likeness (QED) is 0.794. The van der Waals surface area contributed by atoms with Gasteiger partial charge in [-0.2, -0.15) is 0 Å². The summed E-state index contributed by atoms with van der Waals surface area (Å²) in [7, 11) is 0. The Morgan fingerprint density at radius 2 is 2.17 bits per heavy atom. The van der Waals surface area contributed by atoms with Crippen LogP contribution < -0.4 is 5.32 Å². The molecule has 5 heteroatoms. The van der Waals surface area contributed by atoms with Crippen molar-refractivity contribution in [2.45, 2.75) is 44.6 Å². The fraction of sp³-hybridized carbons (Fsp3) is 0.846. The second kappa shape index (κ2) is 5.26. The van der Waals surface area contributed by atoms with Gasteiger partial charge in [-0.1, -0.05) is 19.8 Å². The van der Waals surface area contributed by atoms with Crippen LogP contribution in [0.25, 0.3) is 0 Å². The molecular weight excluding hydrogens is 234 g/mol. The molecule has 1 heterocycles. The summed E-state index contributed by atoms with van der Waals surface area (Å²) in [6, 6.07) is 0. The van der Waals surface area contributed by atoms with Crippen molar-refractivity contribution in [2.24, 2.45) is 11.8 Å². The molecule has 1 aliphatic carbocycles. The highest BCUT2D eigenvalue weighted by Crippen LogP contribution is 2.33. The van der Waals surface area contributed by atoms with E-state index in [-0.39, 0.29) is 11.8 Å². The van der Waals surface area contributed by atoms with Crippen molar-refractivity contribution >= 4 is 11.9 Å². The van der Waals surface area contributed by atoms with Crippen LogP contribution in [0.1, 0.15) is 39.0 Å². The molecule has 5 nitrogen and oxygen atoms in total. The monoisotopic (exact) mass is 255 g/mol. The first-order chi connectivity index (χ1) is 8.53. The molecule has 3 atom stereocenters. The molecule has 0 bridgehead atoms. The average molecular weight is 255 g/mol. The predicted octanol–water partition coefficient (Wildman–Crippen LogP) is 1.17. The molecule has 0 aromatic rings. The zero-order valence-corrected chi connectivity index (χ0v) is 10.8. The summed E-state index contributed by atoms with van der Waals surface area (Å²) in [4.78, 5) is 23.6. The van der Waals surface area contributed by atoms with E-state index >= 15 is 0 Å². The van der Waals surface area contributed by atoms with Crippen molar-refractivity contribution in [1.82, 2.24) is 5.32 Å². The van der Waals surface area contributed by atoms with Crippen molar-refractivity contribution in [3.8, 4) is 0 Å². The number of carbonyl (C=O) groups is 2. The van der Waals surface area contributed by atoms with Gasteiger partial charge < -0.3 is 15.2 Å². The SMILES string of the molecule is CC1CCCC(NC(=O)C2CCOC2)(C(=O)O)C1. The molecule has 18 heavy (non-hydrogen) atoms. The fourth-order valence-electron chi connectivity index (χ4n) is 2.99. The number of carboxylic acid groups (broad SMARTS) is 1. The van der Waals surface area contributed by atoms with E-state index in [1.54, 1.807) is 0 Å². The van der Waals surface area contributed by atoms with E-state index < -0.39 is 11.5 Å². The van der Waals surface area contributed by atoms with Gasteiger partial charge in [0.1, 0.15) is 5.54 Å². The van der Waals surface area contributed by atoms with Crippen LogP contribution in [0.2, 0.25) is 0 Å². The van der Waals surface area contributed by atoms with Gasteiger partial charge in [-0.3, -0.25) is 4.79 Å². The molecule has 1 amide bonds. The van der Waals surface area contributed by atoms with E-state index in [9.17, 15) is 14.7 Å². The van der Waals surface area contributed by atoms with Crippen LogP contribution >= 0.6 is 0 Å². The molecule has 0 aromatic carbocycles. The van der Waals surface area contributed by atoms with Crippen molar-refractivity contribution in [1.29, 1.82) is 0 Å². The molecule has 0 aromatic heterocycles. The third-order valence-corrected chi connectivity index (χ3v) is 4.07. The third kappa shape index (κ3) is 2.66. The normalized spacial score (nSPS) is 36.3. The van der Waals surface area contributed by atoms with Crippen LogP contribution in [0, 0.1) is 11.8 Å². The van der Waals surface area contributed by atoms with E-state index in [1.165, 1.54) is 0 Å². The maximum atomic E-state index is 12.1. The molecular formula is C13H21NO4. The number of rotatable bonds is 3. The second-order valence-electron chi connectivity index (χ2n) is 5.64. The molecule has 1 saturated heterocycles. The lowest BCUT2D eigenvalue weighted by atomic mass is 9.76. The average Bonchev–Trinajstić information content (AvgIpc) is 2.82. The van der Waals surface area contributed by atoms with Gasteiger partial charge in [0.05, 0.1) is 12.5 Å². The summed E-state index contributed by atoms with van der Waals surface area (Å²) >= 11 is 0. The molecule has 0 spiro atoms. The van der Waals surface area contributed by atoms with E-state index in [1.807, 2.05) is 6.92 Å². The van der Waals surface area contributed by atoms with Gasteiger partial charge in [-0.05, 0) is 25.2 Å². The summed E-state index contributed by atoms with van der Waals surface area (Å²) < 4.78 is 5.17. The van der Waals surface area contributed by atoms with E-state index in [4.69, 9.17) is 4.74 Å². The lowest BCUT2D eigenvalue weighted by Crippen LogP contribution is -2.58. The number of carbonyl (C=O) groups excluding carboxylic acids is 1. The van der Waals surface area contributed by atoms with Gasteiger partial charge in [0.2, 0.25) is 5.91 Å². The Hall–Kier alpha value is -1.10. The van der Waals surface area contributed by atoms with Gasteiger partial charge in [-0.25, -0.2) is 4.79 Å². The third-order valence-electron chi connectivity index (χ3n) is 4.07. The largest absolute Gasteiger partial charge is 0.480 e. The van der Waals surface area contributed by atoms with Gasteiger partial charge in [-0.15, -0.1) is 0 Å². The molecule has 1 saturated carbocycles. The lowest BCUT2D eigenvalue weighted by Gasteiger charge is -2.37. The molecule has 1 aliphatic heterocycles. The first-order valence-electron chi connectivity index (χ1n) is 6.67. The zero-order valence-electron chi connectivity index (χ0n) is 10.8. The fourth-order valence-corrected chi connectivity index (χ4v) is 2.99. The number of aliphatic carboxylic acids is 1. The minimum Gasteiger partial charge on any atom is -0.480 e. The highest BCUT2D eigenvalue weighted by atomic mass is 16.5. The van der Waals surface area contributed by atoms with Crippen LogP contribution in [0.3, 0.4) is 0 Å². The van der Waals surface area contributed by atoms with Gasteiger partial charge >= 0.3 is 5.97 Å². The van der Waals surface area contributed by atoms with Crippen LogP contribution in [-0.2, 0) is 14.3 Å². The Morgan fingerprint density at radius 3 is 2.72 bits per heavy atom. The highest BCUT2D eigenvalue weighted by Gasteiger charge is 2.44. The number of amides is 1. The molecule has 3 unspecified atom stereocenters. The maximum absolute atomic E-state index is 12.1. The Labute approximate surface area is 107 Å². The minimum atomic E-state index is -1.06.